The van der Waals surface area contributed by atoms with E-state index in [-0.39, 0.29) is 0 Å². The van der Waals surface area contributed by atoms with E-state index in [2.05, 4.69) is 38.1 Å². The van der Waals surface area contributed by atoms with E-state index in [0.717, 1.165) is 11.8 Å². The van der Waals surface area contributed by atoms with Crippen LogP contribution in [0.2, 0.25) is 0 Å². The number of rotatable bonds is 2. The van der Waals surface area contributed by atoms with Crippen molar-refractivity contribution in [2.24, 2.45) is 11.8 Å². The minimum Gasteiger partial charge on any atom is -0.198 e. The zero-order valence-electron chi connectivity index (χ0n) is 9.46. The largest absolute Gasteiger partial charge is 0.198 e. The van der Waals surface area contributed by atoms with Gasteiger partial charge in [-0.2, -0.15) is 5.26 Å². The lowest BCUT2D eigenvalue weighted by atomic mass is 9.93. The fourth-order valence-corrected chi connectivity index (χ4v) is 2.38. The lowest BCUT2D eigenvalue weighted by molar-refractivity contribution is 0.404. The summed E-state index contributed by atoms with van der Waals surface area (Å²) in [7, 11) is 0. The first-order valence-electron chi connectivity index (χ1n) is 5.68. The van der Waals surface area contributed by atoms with E-state index in [1.54, 1.807) is 0 Å². The number of hydrogen-bond acceptors (Lipinski definition) is 1. The van der Waals surface area contributed by atoms with Crippen molar-refractivity contribution in [1.82, 2.24) is 0 Å². The highest BCUT2D eigenvalue weighted by Gasteiger charge is 2.23. The molecule has 0 fully saturated rings. The highest BCUT2D eigenvalue weighted by atomic mass is 14.3. The maximum atomic E-state index is 8.66. The van der Waals surface area contributed by atoms with Crippen molar-refractivity contribution >= 4 is 0 Å². The van der Waals surface area contributed by atoms with Crippen molar-refractivity contribution in [3.8, 4) is 6.07 Å². The number of fused-ring (bicyclic) bond motifs is 1. The van der Waals surface area contributed by atoms with Crippen LogP contribution in [0, 0.1) is 23.2 Å². The lowest BCUT2D eigenvalue weighted by Gasteiger charge is -2.12. The van der Waals surface area contributed by atoms with Gasteiger partial charge in [0.05, 0.1) is 12.5 Å². The molecule has 1 atom stereocenters. The van der Waals surface area contributed by atoms with Crippen molar-refractivity contribution in [3.63, 3.8) is 0 Å². The summed E-state index contributed by atoms with van der Waals surface area (Å²) >= 11 is 0. The van der Waals surface area contributed by atoms with Crippen molar-refractivity contribution in [2.75, 3.05) is 0 Å². The number of nitrogens with zero attached hydrogens (tertiary/aromatic N) is 1. The molecule has 15 heavy (non-hydrogen) atoms. The third-order valence-corrected chi connectivity index (χ3v) is 3.46. The molecule has 1 unspecified atom stereocenters. The van der Waals surface area contributed by atoms with Crippen LogP contribution >= 0.6 is 0 Å². The zero-order chi connectivity index (χ0) is 10.8. The molecular formula is C14H17N. The van der Waals surface area contributed by atoms with Gasteiger partial charge in [0.1, 0.15) is 0 Å². The molecule has 0 heterocycles. The molecular weight excluding hydrogens is 182 g/mol. The van der Waals surface area contributed by atoms with Crippen LogP contribution < -0.4 is 0 Å². The second-order valence-electron chi connectivity index (χ2n) is 4.85. The molecule has 0 bridgehead atoms. The minimum absolute atomic E-state index is 0.541. The molecule has 0 aromatic heterocycles. The Morgan fingerprint density at radius 1 is 1.33 bits per heavy atom. The monoisotopic (exact) mass is 199 g/mol. The summed E-state index contributed by atoms with van der Waals surface area (Å²) in [6, 6.07) is 8.75. The van der Waals surface area contributed by atoms with Crippen molar-refractivity contribution in [3.05, 3.63) is 34.9 Å². The van der Waals surface area contributed by atoms with Crippen LogP contribution in [0.15, 0.2) is 18.2 Å². The standard InChI is InChI=1S/C14H17N/c1-10(2)13-8-12-4-3-11(5-6-15)7-14(12)9-13/h3-4,7,10,13H,5,8-9H2,1-2H3. The van der Waals surface area contributed by atoms with Gasteiger partial charge in [0, 0.05) is 0 Å². The van der Waals surface area contributed by atoms with E-state index in [1.165, 1.54) is 29.5 Å². The molecule has 78 valence electrons. The first-order chi connectivity index (χ1) is 7.20. The summed E-state index contributed by atoms with van der Waals surface area (Å²) in [6.07, 6.45) is 2.96. The van der Waals surface area contributed by atoms with Gasteiger partial charge in [0.25, 0.3) is 0 Å². The topological polar surface area (TPSA) is 23.8 Å². The Morgan fingerprint density at radius 2 is 2.07 bits per heavy atom. The second-order valence-corrected chi connectivity index (χ2v) is 4.85. The Kier molecular flexibility index (Phi) is 2.77. The maximum absolute atomic E-state index is 8.66. The summed E-state index contributed by atoms with van der Waals surface area (Å²) in [5.74, 6) is 1.56. The van der Waals surface area contributed by atoms with Gasteiger partial charge in [-0.3, -0.25) is 0 Å². The predicted molar refractivity (Wildman–Crippen MR) is 61.5 cm³/mol. The Morgan fingerprint density at radius 3 is 2.73 bits per heavy atom. The number of nitriles is 1. The van der Waals surface area contributed by atoms with E-state index in [4.69, 9.17) is 5.26 Å². The highest BCUT2D eigenvalue weighted by Crippen LogP contribution is 2.31. The van der Waals surface area contributed by atoms with Crippen molar-refractivity contribution in [2.45, 2.75) is 33.1 Å². The molecule has 1 aromatic rings. The second kappa shape index (κ2) is 4.06. The van der Waals surface area contributed by atoms with Crippen LogP contribution in [-0.4, -0.2) is 0 Å². The van der Waals surface area contributed by atoms with E-state index < -0.39 is 0 Å². The molecule has 1 aliphatic carbocycles. The Labute approximate surface area is 91.7 Å². The average Bonchev–Trinajstić information content (AvgIpc) is 2.61. The van der Waals surface area contributed by atoms with Gasteiger partial charge in [0.15, 0.2) is 0 Å². The summed E-state index contributed by atoms with van der Waals surface area (Å²) in [5, 5.41) is 8.66. The van der Waals surface area contributed by atoms with E-state index >= 15 is 0 Å². The first-order valence-corrected chi connectivity index (χ1v) is 5.68. The SMILES string of the molecule is CC(C)C1Cc2ccc(CC#N)cc2C1. The van der Waals surface area contributed by atoms with Crippen LogP contribution in [0.3, 0.4) is 0 Å². The van der Waals surface area contributed by atoms with E-state index in [1.807, 2.05) is 0 Å². The average molecular weight is 199 g/mol. The summed E-state index contributed by atoms with van der Waals surface area (Å²) in [6.45, 7) is 4.60. The molecule has 1 nitrogen and oxygen atoms in total. The maximum Gasteiger partial charge on any atom is 0.0669 e. The smallest absolute Gasteiger partial charge is 0.0669 e. The van der Waals surface area contributed by atoms with Gasteiger partial charge in [0.2, 0.25) is 0 Å². The normalized spacial score (nSPS) is 18.9. The van der Waals surface area contributed by atoms with Gasteiger partial charge in [-0.25, -0.2) is 0 Å². The van der Waals surface area contributed by atoms with E-state index in [9.17, 15) is 0 Å². The highest BCUT2D eigenvalue weighted by molar-refractivity contribution is 5.37. The van der Waals surface area contributed by atoms with Crippen LogP contribution in [0.1, 0.15) is 30.5 Å². The van der Waals surface area contributed by atoms with Crippen LogP contribution in [0.4, 0.5) is 0 Å². The molecule has 1 aromatic carbocycles. The summed E-state index contributed by atoms with van der Waals surface area (Å²) in [4.78, 5) is 0. The third kappa shape index (κ3) is 2.04. The molecule has 0 radical (unpaired) electrons. The molecule has 0 aliphatic heterocycles. The molecule has 0 amide bonds. The van der Waals surface area contributed by atoms with Gasteiger partial charge in [-0.05, 0) is 41.4 Å². The van der Waals surface area contributed by atoms with Crippen LogP contribution in [-0.2, 0) is 19.3 Å². The van der Waals surface area contributed by atoms with Gasteiger partial charge in [-0.1, -0.05) is 32.0 Å². The van der Waals surface area contributed by atoms with Gasteiger partial charge >= 0.3 is 0 Å². The molecule has 0 saturated heterocycles. The fraction of sp³-hybridized carbons (Fsp3) is 0.500. The Hall–Kier alpha value is -1.29. The minimum atomic E-state index is 0.541. The van der Waals surface area contributed by atoms with Crippen LogP contribution in [0.5, 0.6) is 0 Å². The van der Waals surface area contributed by atoms with Crippen molar-refractivity contribution < 1.29 is 0 Å². The molecule has 0 saturated carbocycles. The van der Waals surface area contributed by atoms with E-state index in [0.29, 0.717) is 6.42 Å². The molecule has 0 N–H and O–H groups in total. The third-order valence-electron chi connectivity index (χ3n) is 3.46. The predicted octanol–water partition coefficient (Wildman–Crippen LogP) is 3.12. The Balaban J connectivity index is 2.21. The summed E-state index contributed by atoms with van der Waals surface area (Å²) < 4.78 is 0. The number of hydrogen-bond donors (Lipinski definition) is 0. The number of benzene rings is 1. The van der Waals surface area contributed by atoms with Gasteiger partial charge in [-0.15, -0.1) is 0 Å². The fourth-order valence-electron chi connectivity index (χ4n) is 2.38. The van der Waals surface area contributed by atoms with Gasteiger partial charge < -0.3 is 0 Å². The summed E-state index contributed by atoms with van der Waals surface area (Å²) in [5.41, 5.74) is 4.14. The quantitative estimate of drug-likeness (QED) is 0.718. The Bertz CT molecular complexity index is 398. The zero-order valence-corrected chi connectivity index (χ0v) is 9.46. The van der Waals surface area contributed by atoms with Crippen molar-refractivity contribution in [1.29, 1.82) is 5.26 Å². The molecule has 0 spiro atoms. The first kappa shape index (κ1) is 10.2. The lowest BCUT2D eigenvalue weighted by Crippen LogP contribution is -2.07. The molecule has 2 rings (SSSR count). The molecule has 1 aliphatic rings. The van der Waals surface area contributed by atoms with Crippen LogP contribution in [0.25, 0.3) is 0 Å². The molecule has 1 heteroatoms.